The van der Waals surface area contributed by atoms with Gasteiger partial charge in [0, 0.05) is 0 Å². The standard InChI is InChI=1S/C19H16ClNO5/c1-24-15-5-3-13(4-6-15)14(10-21)7-12-8-16(20)19(17(9-12)25-2)26-11-18(22)23/h3-9H,11H2,1-2H3,(H,22,23)/b14-7+. The van der Waals surface area contributed by atoms with Gasteiger partial charge in [-0.15, -0.1) is 0 Å². The monoisotopic (exact) mass is 373 g/mol. The van der Waals surface area contributed by atoms with Gasteiger partial charge in [0.25, 0.3) is 0 Å². The van der Waals surface area contributed by atoms with Crippen molar-refractivity contribution in [2.24, 2.45) is 0 Å². The predicted molar refractivity (Wildman–Crippen MR) is 97.6 cm³/mol. The van der Waals surface area contributed by atoms with Crippen molar-refractivity contribution in [2.45, 2.75) is 0 Å². The SMILES string of the molecule is COc1ccc(/C(C#N)=C/c2cc(Cl)c(OCC(=O)O)c(OC)c2)cc1. The minimum absolute atomic E-state index is 0.136. The molecule has 0 spiro atoms. The summed E-state index contributed by atoms with van der Waals surface area (Å²) >= 11 is 6.18. The summed E-state index contributed by atoms with van der Waals surface area (Å²) in [6.07, 6.45) is 1.65. The number of allylic oxidation sites excluding steroid dienone is 1. The zero-order valence-corrected chi connectivity index (χ0v) is 14.9. The Labute approximate surface area is 155 Å². The number of hydrogen-bond acceptors (Lipinski definition) is 5. The topological polar surface area (TPSA) is 88.8 Å². The molecule has 0 radical (unpaired) electrons. The highest BCUT2D eigenvalue weighted by Gasteiger charge is 2.13. The number of nitrogens with zero attached hydrogens (tertiary/aromatic N) is 1. The highest BCUT2D eigenvalue weighted by atomic mass is 35.5. The minimum Gasteiger partial charge on any atom is -0.497 e. The summed E-state index contributed by atoms with van der Waals surface area (Å²) in [4.78, 5) is 10.7. The second-order valence-corrected chi connectivity index (χ2v) is 5.52. The van der Waals surface area contributed by atoms with Gasteiger partial charge in [-0.25, -0.2) is 4.79 Å². The molecule has 0 saturated carbocycles. The average Bonchev–Trinajstić information content (AvgIpc) is 2.64. The van der Waals surface area contributed by atoms with Crippen LogP contribution in [-0.4, -0.2) is 31.9 Å². The van der Waals surface area contributed by atoms with Gasteiger partial charge in [0.1, 0.15) is 5.75 Å². The third-order valence-electron chi connectivity index (χ3n) is 3.42. The maximum Gasteiger partial charge on any atom is 0.341 e. The molecule has 0 fully saturated rings. The Morgan fingerprint density at radius 2 is 1.92 bits per heavy atom. The summed E-state index contributed by atoms with van der Waals surface area (Å²) in [6.45, 7) is -0.541. The molecule has 2 aromatic carbocycles. The molecule has 6 nitrogen and oxygen atoms in total. The molecule has 0 aliphatic heterocycles. The van der Waals surface area contributed by atoms with Gasteiger partial charge in [-0.1, -0.05) is 11.6 Å². The molecule has 0 aliphatic rings. The van der Waals surface area contributed by atoms with Crippen molar-refractivity contribution in [1.29, 1.82) is 5.26 Å². The van der Waals surface area contributed by atoms with Gasteiger partial charge in [-0.2, -0.15) is 5.26 Å². The first kappa shape index (κ1) is 19.2. The molecule has 0 heterocycles. The van der Waals surface area contributed by atoms with Crippen molar-refractivity contribution in [3.63, 3.8) is 0 Å². The molecule has 0 amide bonds. The smallest absolute Gasteiger partial charge is 0.341 e. The zero-order valence-electron chi connectivity index (χ0n) is 14.2. The molecule has 0 atom stereocenters. The second kappa shape index (κ2) is 8.79. The minimum atomic E-state index is -1.13. The number of halogens is 1. The Bertz CT molecular complexity index is 869. The van der Waals surface area contributed by atoms with E-state index in [1.54, 1.807) is 49.6 Å². The van der Waals surface area contributed by atoms with Crippen LogP contribution < -0.4 is 14.2 Å². The molecule has 0 saturated heterocycles. The van der Waals surface area contributed by atoms with Crippen molar-refractivity contribution in [1.82, 2.24) is 0 Å². The fourth-order valence-electron chi connectivity index (χ4n) is 2.21. The number of ether oxygens (including phenoxy) is 3. The Hall–Kier alpha value is -3.17. The number of methoxy groups -OCH3 is 2. The molecule has 0 aromatic heterocycles. The molecule has 0 aliphatic carbocycles. The first-order valence-corrected chi connectivity index (χ1v) is 7.84. The number of carboxylic acid groups (broad SMARTS) is 1. The van der Waals surface area contributed by atoms with E-state index in [0.717, 1.165) is 5.56 Å². The molecule has 2 aromatic rings. The van der Waals surface area contributed by atoms with Gasteiger partial charge in [-0.3, -0.25) is 0 Å². The molecule has 7 heteroatoms. The van der Waals surface area contributed by atoms with Crippen LogP contribution in [0.4, 0.5) is 0 Å². The molecular formula is C19H16ClNO5. The Morgan fingerprint density at radius 1 is 1.23 bits per heavy atom. The second-order valence-electron chi connectivity index (χ2n) is 5.11. The predicted octanol–water partition coefficient (Wildman–Crippen LogP) is 3.88. The van der Waals surface area contributed by atoms with Crippen LogP contribution in [0.5, 0.6) is 17.2 Å². The van der Waals surface area contributed by atoms with Crippen molar-refractivity contribution in [2.75, 3.05) is 20.8 Å². The fourth-order valence-corrected chi connectivity index (χ4v) is 2.49. The number of benzene rings is 2. The number of carboxylic acids is 1. The summed E-state index contributed by atoms with van der Waals surface area (Å²) in [6, 6.07) is 12.4. The summed E-state index contributed by atoms with van der Waals surface area (Å²) in [5, 5.41) is 18.4. The van der Waals surface area contributed by atoms with Gasteiger partial charge >= 0.3 is 5.97 Å². The van der Waals surface area contributed by atoms with E-state index < -0.39 is 12.6 Å². The Balaban J connectivity index is 2.39. The average molecular weight is 374 g/mol. The van der Waals surface area contributed by atoms with Crippen molar-refractivity contribution in [3.05, 3.63) is 52.5 Å². The quantitative estimate of drug-likeness (QED) is 0.585. The molecule has 134 valence electrons. The van der Waals surface area contributed by atoms with E-state index in [1.165, 1.54) is 7.11 Å². The van der Waals surface area contributed by atoms with Crippen molar-refractivity contribution >= 4 is 29.2 Å². The van der Waals surface area contributed by atoms with Crippen LogP contribution in [-0.2, 0) is 4.79 Å². The lowest BCUT2D eigenvalue weighted by atomic mass is 10.0. The molecule has 26 heavy (non-hydrogen) atoms. The van der Waals surface area contributed by atoms with Gasteiger partial charge in [0.05, 0.1) is 30.9 Å². The van der Waals surface area contributed by atoms with Crippen LogP contribution in [0.25, 0.3) is 11.6 Å². The van der Waals surface area contributed by atoms with E-state index in [4.69, 9.17) is 30.9 Å². The molecular weight excluding hydrogens is 358 g/mol. The number of carbonyl (C=O) groups is 1. The third kappa shape index (κ3) is 4.68. The largest absolute Gasteiger partial charge is 0.497 e. The lowest BCUT2D eigenvalue weighted by Crippen LogP contribution is -2.10. The third-order valence-corrected chi connectivity index (χ3v) is 3.70. The van der Waals surface area contributed by atoms with Crippen LogP contribution in [0.3, 0.4) is 0 Å². The molecule has 2 rings (SSSR count). The van der Waals surface area contributed by atoms with Crippen molar-refractivity contribution in [3.8, 4) is 23.3 Å². The maximum atomic E-state index is 10.7. The number of aliphatic carboxylic acids is 1. The van der Waals surface area contributed by atoms with Gasteiger partial charge in [0.15, 0.2) is 18.1 Å². The van der Waals surface area contributed by atoms with Crippen molar-refractivity contribution < 1.29 is 24.1 Å². The first-order valence-electron chi connectivity index (χ1n) is 7.46. The van der Waals surface area contributed by atoms with E-state index in [1.807, 2.05) is 0 Å². The van der Waals surface area contributed by atoms with Gasteiger partial charge in [0.2, 0.25) is 0 Å². The lowest BCUT2D eigenvalue weighted by molar-refractivity contribution is -0.139. The normalized spacial score (nSPS) is 10.8. The van der Waals surface area contributed by atoms with Gasteiger partial charge in [-0.05, 0) is 53.6 Å². The van der Waals surface area contributed by atoms with Crippen LogP contribution in [0.15, 0.2) is 36.4 Å². The molecule has 0 unspecified atom stereocenters. The Kier molecular flexibility index (Phi) is 6.48. The number of nitriles is 1. The fraction of sp³-hybridized carbons (Fsp3) is 0.158. The van der Waals surface area contributed by atoms with E-state index in [2.05, 4.69) is 6.07 Å². The number of rotatable bonds is 7. The first-order chi connectivity index (χ1) is 12.5. The van der Waals surface area contributed by atoms with Crippen LogP contribution in [0, 0.1) is 11.3 Å². The molecule has 1 N–H and O–H groups in total. The van der Waals surface area contributed by atoms with E-state index in [9.17, 15) is 10.1 Å². The Morgan fingerprint density at radius 3 is 2.46 bits per heavy atom. The van der Waals surface area contributed by atoms with Crippen LogP contribution in [0.1, 0.15) is 11.1 Å². The summed E-state index contributed by atoms with van der Waals surface area (Å²) < 4.78 is 15.5. The highest BCUT2D eigenvalue weighted by Crippen LogP contribution is 2.37. The van der Waals surface area contributed by atoms with Gasteiger partial charge < -0.3 is 19.3 Å². The lowest BCUT2D eigenvalue weighted by Gasteiger charge is -2.12. The van der Waals surface area contributed by atoms with E-state index in [-0.39, 0.29) is 16.5 Å². The summed E-state index contributed by atoms with van der Waals surface area (Å²) in [7, 11) is 2.99. The number of hydrogen-bond donors (Lipinski definition) is 1. The molecule has 0 bridgehead atoms. The van der Waals surface area contributed by atoms with Crippen LogP contribution >= 0.6 is 11.6 Å². The summed E-state index contributed by atoms with van der Waals surface area (Å²) in [5.41, 5.74) is 1.75. The zero-order chi connectivity index (χ0) is 19.1. The maximum absolute atomic E-state index is 10.7. The summed E-state index contributed by atoms with van der Waals surface area (Å²) in [5.74, 6) is -0.0252. The van der Waals surface area contributed by atoms with E-state index in [0.29, 0.717) is 16.9 Å². The van der Waals surface area contributed by atoms with E-state index >= 15 is 0 Å². The van der Waals surface area contributed by atoms with Crippen LogP contribution in [0.2, 0.25) is 5.02 Å². The highest BCUT2D eigenvalue weighted by molar-refractivity contribution is 6.32.